The highest BCUT2D eigenvalue weighted by atomic mass is 16.5. The molecule has 0 fully saturated rings. The predicted molar refractivity (Wildman–Crippen MR) is 262 cm³/mol. The van der Waals surface area contributed by atoms with Crippen LogP contribution in [0.1, 0.15) is 335 Å². The number of unbranched alkanes of at least 4 members (excludes halogenated alkanes) is 46. The highest BCUT2D eigenvalue weighted by Gasteiger charge is 2.03. The Morgan fingerprint density at radius 1 is 0.276 bits per heavy atom. The minimum Gasteiger partial charge on any atom is -0.466 e. The smallest absolute Gasteiger partial charge is 0.305 e. The summed E-state index contributed by atoms with van der Waals surface area (Å²) in [5, 5.41) is 0. The Morgan fingerprint density at radius 3 is 0.759 bits per heavy atom. The number of rotatable bonds is 52. The second-order valence-electron chi connectivity index (χ2n) is 18.9. The van der Waals surface area contributed by atoms with Crippen molar-refractivity contribution in [2.45, 2.75) is 335 Å². The Kier molecular flexibility index (Phi) is 53.5. The summed E-state index contributed by atoms with van der Waals surface area (Å²) in [7, 11) is 0. The third-order valence-corrected chi connectivity index (χ3v) is 12.9. The minimum absolute atomic E-state index is 0.0287. The van der Waals surface area contributed by atoms with Gasteiger partial charge in [-0.3, -0.25) is 4.79 Å². The maximum absolute atomic E-state index is 12.1. The molecule has 0 N–H and O–H groups in total. The lowest BCUT2D eigenvalue weighted by Gasteiger charge is -2.06. The van der Waals surface area contributed by atoms with Crippen LogP contribution >= 0.6 is 0 Å². The van der Waals surface area contributed by atoms with Crippen molar-refractivity contribution in [3.05, 3.63) is 12.2 Å². The Morgan fingerprint density at radius 2 is 0.483 bits per heavy atom. The van der Waals surface area contributed by atoms with Crippen LogP contribution in [0.5, 0.6) is 0 Å². The van der Waals surface area contributed by atoms with Gasteiger partial charge in [-0.1, -0.05) is 302 Å². The number of hydrogen-bond acceptors (Lipinski definition) is 2. The standard InChI is InChI=1S/C56H110O2/c1-3-5-7-9-11-13-15-17-19-21-22-23-24-25-26-27-28-29-30-31-32-33-34-35-36-37-39-41-43-45-47-49-51-53-55-58-56(57)54-52-50-48-46-44-42-40-38-20-18-16-14-12-10-8-6-4-2/h14,16H,3-13,15,17-55H2,1-2H3. The zero-order valence-corrected chi connectivity index (χ0v) is 40.5. The molecule has 2 nitrogen and oxygen atoms in total. The van der Waals surface area contributed by atoms with Gasteiger partial charge >= 0.3 is 5.97 Å². The highest BCUT2D eigenvalue weighted by Crippen LogP contribution is 2.18. The molecule has 0 rings (SSSR count). The van der Waals surface area contributed by atoms with E-state index in [1.807, 2.05) is 0 Å². The van der Waals surface area contributed by atoms with Crippen molar-refractivity contribution in [3.8, 4) is 0 Å². The van der Waals surface area contributed by atoms with Crippen LogP contribution in [0, 0.1) is 0 Å². The summed E-state index contributed by atoms with van der Waals surface area (Å²) < 4.78 is 5.50. The molecule has 346 valence electrons. The van der Waals surface area contributed by atoms with E-state index in [9.17, 15) is 4.79 Å². The van der Waals surface area contributed by atoms with Gasteiger partial charge in [0.15, 0.2) is 0 Å². The van der Waals surface area contributed by atoms with E-state index in [1.165, 1.54) is 302 Å². The molecular weight excluding hydrogens is 705 g/mol. The molecule has 0 amide bonds. The molecule has 0 bridgehead atoms. The van der Waals surface area contributed by atoms with Crippen LogP contribution in [0.15, 0.2) is 12.2 Å². The van der Waals surface area contributed by atoms with E-state index in [1.54, 1.807) is 0 Å². The van der Waals surface area contributed by atoms with E-state index < -0.39 is 0 Å². The number of ether oxygens (including phenoxy) is 1. The summed E-state index contributed by atoms with van der Waals surface area (Å²) in [4.78, 5) is 12.1. The van der Waals surface area contributed by atoms with Crippen molar-refractivity contribution >= 4 is 5.97 Å². The van der Waals surface area contributed by atoms with Gasteiger partial charge in [0.05, 0.1) is 6.61 Å². The zero-order chi connectivity index (χ0) is 41.8. The van der Waals surface area contributed by atoms with Gasteiger partial charge in [0, 0.05) is 6.42 Å². The molecular formula is C56H110O2. The molecule has 0 saturated carbocycles. The first kappa shape index (κ1) is 57.2. The molecule has 0 unspecified atom stereocenters. The van der Waals surface area contributed by atoms with Gasteiger partial charge in [-0.05, 0) is 38.5 Å². The van der Waals surface area contributed by atoms with E-state index in [4.69, 9.17) is 4.74 Å². The van der Waals surface area contributed by atoms with Gasteiger partial charge in [-0.2, -0.15) is 0 Å². The molecule has 0 aromatic heterocycles. The van der Waals surface area contributed by atoms with Crippen LogP contribution in [0.2, 0.25) is 0 Å². The number of hydrogen-bond donors (Lipinski definition) is 0. The Bertz CT molecular complexity index is 758. The molecule has 0 atom stereocenters. The highest BCUT2D eigenvalue weighted by molar-refractivity contribution is 5.69. The first-order chi connectivity index (χ1) is 28.8. The average molecular weight is 815 g/mol. The molecule has 0 radical (unpaired) electrons. The van der Waals surface area contributed by atoms with Crippen LogP contribution in [0.3, 0.4) is 0 Å². The molecule has 2 heteroatoms. The normalized spacial score (nSPS) is 11.7. The number of carbonyl (C=O) groups excluding carboxylic acids is 1. The molecule has 0 aliphatic rings. The molecule has 0 saturated heterocycles. The number of carbonyl (C=O) groups is 1. The van der Waals surface area contributed by atoms with Gasteiger partial charge in [0.25, 0.3) is 0 Å². The fourth-order valence-corrected chi connectivity index (χ4v) is 8.78. The maximum atomic E-state index is 12.1. The summed E-state index contributed by atoms with van der Waals surface area (Å²) in [5.74, 6) is 0.0287. The fourth-order valence-electron chi connectivity index (χ4n) is 8.78. The predicted octanol–water partition coefficient (Wildman–Crippen LogP) is 20.6. The van der Waals surface area contributed by atoms with Crippen LogP contribution in [-0.2, 0) is 9.53 Å². The van der Waals surface area contributed by atoms with Crippen molar-refractivity contribution < 1.29 is 9.53 Å². The lowest BCUT2D eigenvalue weighted by molar-refractivity contribution is -0.143. The van der Waals surface area contributed by atoms with Crippen molar-refractivity contribution in [2.24, 2.45) is 0 Å². The second kappa shape index (κ2) is 54.2. The van der Waals surface area contributed by atoms with E-state index in [0.29, 0.717) is 13.0 Å². The Hall–Kier alpha value is -0.790. The largest absolute Gasteiger partial charge is 0.466 e. The van der Waals surface area contributed by atoms with E-state index >= 15 is 0 Å². The first-order valence-electron chi connectivity index (χ1n) is 27.6. The molecule has 0 heterocycles. The monoisotopic (exact) mass is 815 g/mol. The van der Waals surface area contributed by atoms with Gasteiger partial charge in [-0.15, -0.1) is 0 Å². The van der Waals surface area contributed by atoms with Gasteiger partial charge < -0.3 is 4.74 Å². The van der Waals surface area contributed by atoms with Crippen LogP contribution < -0.4 is 0 Å². The van der Waals surface area contributed by atoms with Crippen molar-refractivity contribution in [2.75, 3.05) is 6.61 Å². The van der Waals surface area contributed by atoms with Gasteiger partial charge in [0.1, 0.15) is 0 Å². The van der Waals surface area contributed by atoms with Crippen molar-refractivity contribution in [1.29, 1.82) is 0 Å². The number of esters is 1. The summed E-state index contributed by atoms with van der Waals surface area (Å²) in [5.41, 5.74) is 0. The van der Waals surface area contributed by atoms with E-state index in [-0.39, 0.29) is 5.97 Å². The van der Waals surface area contributed by atoms with Gasteiger partial charge in [-0.25, -0.2) is 0 Å². The average Bonchev–Trinajstić information content (AvgIpc) is 3.23. The maximum Gasteiger partial charge on any atom is 0.305 e. The summed E-state index contributed by atoms with van der Waals surface area (Å²) >= 11 is 0. The Labute approximate surface area is 367 Å². The second-order valence-corrected chi connectivity index (χ2v) is 18.9. The van der Waals surface area contributed by atoms with Crippen LogP contribution in [0.4, 0.5) is 0 Å². The fraction of sp³-hybridized carbons (Fsp3) is 0.946. The van der Waals surface area contributed by atoms with Crippen LogP contribution in [0.25, 0.3) is 0 Å². The molecule has 0 aromatic carbocycles. The van der Waals surface area contributed by atoms with Gasteiger partial charge in [0.2, 0.25) is 0 Å². The molecule has 0 aromatic rings. The quantitative estimate of drug-likeness (QED) is 0.0347. The van der Waals surface area contributed by atoms with Crippen molar-refractivity contribution in [1.82, 2.24) is 0 Å². The molecule has 0 aliphatic heterocycles. The lowest BCUT2D eigenvalue weighted by Crippen LogP contribution is -2.05. The molecule has 58 heavy (non-hydrogen) atoms. The van der Waals surface area contributed by atoms with E-state index in [0.717, 1.165) is 12.8 Å². The van der Waals surface area contributed by atoms with E-state index in [2.05, 4.69) is 26.0 Å². The number of allylic oxidation sites excluding steroid dienone is 2. The first-order valence-corrected chi connectivity index (χ1v) is 27.6. The summed E-state index contributed by atoms with van der Waals surface area (Å²) in [6.45, 7) is 5.22. The Balaban J connectivity index is 3.14. The van der Waals surface area contributed by atoms with Crippen LogP contribution in [-0.4, -0.2) is 12.6 Å². The zero-order valence-electron chi connectivity index (χ0n) is 40.5. The minimum atomic E-state index is 0.0287. The molecule has 0 spiro atoms. The van der Waals surface area contributed by atoms with Crippen molar-refractivity contribution in [3.63, 3.8) is 0 Å². The summed E-state index contributed by atoms with van der Waals surface area (Å²) in [6, 6.07) is 0. The SMILES string of the molecule is CCCCCCC=CCCCCCCCCCCCC(=O)OCCCCCCCCCCCCCCCCCCCCCCCCCCCCCCCCCCCC. The summed E-state index contributed by atoms with van der Waals surface area (Å²) in [6.07, 6.45) is 73.9. The topological polar surface area (TPSA) is 26.3 Å². The molecule has 0 aliphatic carbocycles. The third kappa shape index (κ3) is 53.2. The lowest BCUT2D eigenvalue weighted by atomic mass is 10.0. The third-order valence-electron chi connectivity index (χ3n) is 12.9.